The van der Waals surface area contributed by atoms with Gasteiger partial charge >= 0.3 is 0 Å². The quantitative estimate of drug-likeness (QED) is 0.451. The van der Waals surface area contributed by atoms with Crippen molar-refractivity contribution in [3.63, 3.8) is 0 Å². The standard InChI is InChI=1S/C19H14BrN3O2S/c20-17-16(18(24)21-11-12-4-2-1-3-5-12)26-19(23-17)22-14-6-7-15-13(10-14)8-9-25-15/h1-10H,11H2,(H,21,24)(H,22,23). The van der Waals surface area contributed by atoms with E-state index in [4.69, 9.17) is 4.42 Å². The Morgan fingerprint density at radius 3 is 2.85 bits per heavy atom. The second-order valence-electron chi connectivity index (χ2n) is 5.61. The molecule has 0 saturated carbocycles. The molecule has 2 aromatic heterocycles. The monoisotopic (exact) mass is 427 g/mol. The number of amides is 1. The van der Waals surface area contributed by atoms with E-state index in [9.17, 15) is 4.79 Å². The number of fused-ring (bicyclic) bond motifs is 1. The molecular formula is C19H14BrN3O2S. The number of furan rings is 1. The minimum atomic E-state index is -0.156. The highest BCUT2D eigenvalue weighted by atomic mass is 79.9. The average Bonchev–Trinajstić information content (AvgIpc) is 3.26. The van der Waals surface area contributed by atoms with Crippen LogP contribution in [0.5, 0.6) is 0 Å². The molecule has 0 radical (unpaired) electrons. The second kappa shape index (κ2) is 7.31. The molecule has 2 N–H and O–H groups in total. The van der Waals surface area contributed by atoms with Gasteiger partial charge < -0.3 is 15.1 Å². The van der Waals surface area contributed by atoms with Crippen LogP contribution < -0.4 is 10.6 Å². The zero-order valence-electron chi connectivity index (χ0n) is 13.5. The molecule has 5 nitrogen and oxygen atoms in total. The van der Waals surface area contributed by atoms with E-state index in [2.05, 4.69) is 31.5 Å². The summed E-state index contributed by atoms with van der Waals surface area (Å²) >= 11 is 4.67. The molecule has 0 atom stereocenters. The normalized spacial score (nSPS) is 10.8. The van der Waals surface area contributed by atoms with Gasteiger partial charge in [0.25, 0.3) is 5.91 Å². The zero-order valence-corrected chi connectivity index (χ0v) is 15.9. The van der Waals surface area contributed by atoms with Gasteiger partial charge in [-0.3, -0.25) is 4.79 Å². The maximum absolute atomic E-state index is 12.4. The first-order valence-electron chi connectivity index (χ1n) is 7.92. The first-order valence-corrected chi connectivity index (χ1v) is 9.53. The number of carbonyl (C=O) groups is 1. The first kappa shape index (κ1) is 16.8. The average molecular weight is 428 g/mol. The molecule has 130 valence electrons. The van der Waals surface area contributed by atoms with Gasteiger partial charge in [-0.1, -0.05) is 41.7 Å². The number of rotatable bonds is 5. The van der Waals surface area contributed by atoms with E-state index >= 15 is 0 Å². The third-order valence-electron chi connectivity index (χ3n) is 3.79. The molecule has 0 aliphatic rings. The smallest absolute Gasteiger partial charge is 0.264 e. The van der Waals surface area contributed by atoms with Crippen molar-refractivity contribution >= 4 is 55.0 Å². The van der Waals surface area contributed by atoms with Crippen LogP contribution in [0.2, 0.25) is 0 Å². The van der Waals surface area contributed by atoms with E-state index in [1.807, 2.05) is 54.6 Å². The lowest BCUT2D eigenvalue weighted by molar-refractivity contribution is 0.0954. The van der Waals surface area contributed by atoms with E-state index in [0.29, 0.717) is 21.2 Å². The Morgan fingerprint density at radius 1 is 1.15 bits per heavy atom. The molecule has 0 unspecified atom stereocenters. The lowest BCUT2D eigenvalue weighted by atomic mass is 10.2. The number of aromatic nitrogens is 1. The van der Waals surface area contributed by atoms with Crippen molar-refractivity contribution in [3.05, 3.63) is 75.9 Å². The SMILES string of the molecule is O=C(NCc1ccccc1)c1sc(Nc2ccc3occc3c2)nc1Br. The molecule has 0 bridgehead atoms. The highest BCUT2D eigenvalue weighted by molar-refractivity contribution is 9.10. The summed E-state index contributed by atoms with van der Waals surface area (Å²) in [6.45, 7) is 0.476. The number of thiazole rings is 1. The topological polar surface area (TPSA) is 67.2 Å². The highest BCUT2D eigenvalue weighted by Gasteiger charge is 2.16. The van der Waals surface area contributed by atoms with Gasteiger partial charge in [0.2, 0.25) is 0 Å². The van der Waals surface area contributed by atoms with Crippen LogP contribution in [0.3, 0.4) is 0 Å². The Bertz CT molecular complexity index is 1060. The van der Waals surface area contributed by atoms with Crippen molar-refractivity contribution in [2.75, 3.05) is 5.32 Å². The van der Waals surface area contributed by atoms with E-state index in [1.54, 1.807) is 6.26 Å². The van der Waals surface area contributed by atoms with Crippen molar-refractivity contribution in [1.82, 2.24) is 10.3 Å². The number of nitrogens with one attached hydrogen (secondary N) is 2. The lowest BCUT2D eigenvalue weighted by Crippen LogP contribution is -2.22. The van der Waals surface area contributed by atoms with Crippen molar-refractivity contribution < 1.29 is 9.21 Å². The van der Waals surface area contributed by atoms with E-state index in [1.165, 1.54) is 11.3 Å². The first-order chi connectivity index (χ1) is 12.7. The molecule has 4 rings (SSSR count). The Kier molecular flexibility index (Phi) is 4.73. The number of halogens is 1. The molecule has 0 aliphatic heterocycles. The van der Waals surface area contributed by atoms with Gasteiger partial charge in [0, 0.05) is 17.6 Å². The molecule has 0 fully saturated rings. The maximum atomic E-state index is 12.4. The minimum absolute atomic E-state index is 0.156. The fourth-order valence-corrected chi connectivity index (χ4v) is 4.03. The molecule has 1 amide bonds. The van der Waals surface area contributed by atoms with Gasteiger partial charge in [-0.15, -0.1) is 0 Å². The van der Waals surface area contributed by atoms with E-state index in [0.717, 1.165) is 22.2 Å². The van der Waals surface area contributed by atoms with E-state index < -0.39 is 0 Å². The van der Waals surface area contributed by atoms with Crippen LogP contribution in [0.25, 0.3) is 11.0 Å². The molecule has 2 aromatic carbocycles. The van der Waals surface area contributed by atoms with Gasteiger partial charge in [-0.05, 0) is 45.8 Å². The van der Waals surface area contributed by atoms with Crippen LogP contribution in [0, 0.1) is 0 Å². The van der Waals surface area contributed by atoms with Crippen molar-refractivity contribution in [2.45, 2.75) is 6.54 Å². The third-order valence-corrected chi connectivity index (χ3v) is 5.60. The van der Waals surface area contributed by atoms with Gasteiger partial charge in [0.1, 0.15) is 15.1 Å². The van der Waals surface area contributed by atoms with Crippen LogP contribution in [-0.4, -0.2) is 10.9 Å². The number of anilines is 2. The maximum Gasteiger partial charge on any atom is 0.264 e. The molecule has 0 spiro atoms. The van der Waals surface area contributed by atoms with Gasteiger partial charge in [0.05, 0.1) is 6.26 Å². The second-order valence-corrected chi connectivity index (χ2v) is 7.36. The molecule has 0 saturated heterocycles. The minimum Gasteiger partial charge on any atom is -0.464 e. The zero-order chi connectivity index (χ0) is 17.9. The summed E-state index contributed by atoms with van der Waals surface area (Å²) in [5.74, 6) is -0.156. The Labute approximate surface area is 162 Å². The highest BCUT2D eigenvalue weighted by Crippen LogP contribution is 2.30. The van der Waals surface area contributed by atoms with Crippen molar-refractivity contribution in [2.24, 2.45) is 0 Å². The van der Waals surface area contributed by atoms with Gasteiger partial charge in [0.15, 0.2) is 5.13 Å². The summed E-state index contributed by atoms with van der Waals surface area (Å²) in [5.41, 5.74) is 2.77. The Hall–Kier alpha value is -2.64. The Morgan fingerprint density at radius 2 is 2.00 bits per heavy atom. The molecule has 26 heavy (non-hydrogen) atoms. The Balaban J connectivity index is 1.46. The predicted molar refractivity (Wildman–Crippen MR) is 107 cm³/mol. The molecule has 2 heterocycles. The van der Waals surface area contributed by atoms with Crippen LogP contribution in [0.1, 0.15) is 15.2 Å². The number of carbonyl (C=O) groups excluding carboxylic acids is 1. The summed E-state index contributed by atoms with van der Waals surface area (Å²) in [6.07, 6.45) is 1.66. The number of nitrogens with zero attached hydrogens (tertiary/aromatic N) is 1. The van der Waals surface area contributed by atoms with Crippen LogP contribution >= 0.6 is 27.3 Å². The molecular weight excluding hydrogens is 414 g/mol. The summed E-state index contributed by atoms with van der Waals surface area (Å²) in [6, 6.07) is 17.5. The van der Waals surface area contributed by atoms with E-state index in [-0.39, 0.29) is 5.91 Å². The molecule has 0 aliphatic carbocycles. The summed E-state index contributed by atoms with van der Waals surface area (Å²) in [4.78, 5) is 17.4. The largest absolute Gasteiger partial charge is 0.464 e. The number of benzene rings is 2. The molecule has 7 heteroatoms. The summed E-state index contributed by atoms with van der Waals surface area (Å²) in [7, 11) is 0. The molecule has 4 aromatic rings. The predicted octanol–water partition coefficient (Wildman–Crippen LogP) is 5.33. The van der Waals surface area contributed by atoms with Crippen LogP contribution in [0.15, 0.2) is 69.9 Å². The lowest BCUT2D eigenvalue weighted by Gasteiger charge is -2.03. The number of hydrogen-bond donors (Lipinski definition) is 2. The van der Waals surface area contributed by atoms with Gasteiger partial charge in [-0.2, -0.15) is 0 Å². The van der Waals surface area contributed by atoms with Crippen LogP contribution in [0.4, 0.5) is 10.8 Å². The number of hydrogen-bond acceptors (Lipinski definition) is 5. The fourth-order valence-electron chi connectivity index (χ4n) is 2.52. The van der Waals surface area contributed by atoms with Crippen molar-refractivity contribution in [1.29, 1.82) is 0 Å². The summed E-state index contributed by atoms with van der Waals surface area (Å²) < 4.78 is 5.87. The van der Waals surface area contributed by atoms with Crippen molar-refractivity contribution in [3.8, 4) is 0 Å². The summed E-state index contributed by atoms with van der Waals surface area (Å²) in [5, 5.41) is 7.80. The van der Waals surface area contributed by atoms with Gasteiger partial charge in [-0.25, -0.2) is 4.98 Å². The van der Waals surface area contributed by atoms with Crippen LogP contribution in [-0.2, 0) is 6.54 Å². The fraction of sp³-hybridized carbons (Fsp3) is 0.0526. The third kappa shape index (κ3) is 3.63.